The molecule has 1 rings (SSSR count). The first-order chi connectivity index (χ1) is 9.02. The lowest BCUT2D eigenvalue weighted by Gasteiger charge is -2.14. The van der Waals surface area contributed by atoms with Crippen LogP contribution in [0, 0.1) is 0 Å². The van der Waals surface area contributed by atoms with Gasteiger partial charge in [-0.3, -0.25) is 14.2 Å². The molecule has 0 aliphatic heterocycles. The van der Waals surface area contributed by atoms with Crippen molar-refractivity contribution in [2.24, 2.45) is 0 Å². The Morgan fingerprint density at radius 2 is 2.32 bits per heavy atom. The number of methoxy groups -OCH3 is 1. The van der Waals surface area contributed by atoms with Gasteiger partial charge < -0.3 is 15.2 Å². The summed E-state index contributed by atoms with van der Waals surface area (Å²) in [6.07, 6.45) is 1.97. The fourth-order valence-corrected chi connectivity index (χ4v) is 1.38. The van der Waals surface area contributed by atoms with Gasteiger partial charge in [-0.1, -0.05) is 0 Å². The number of hydrogen-bond donors (Lipinski definition) is 2. The number of carbonyl (C=O) groups is 2. The standard InChI is InChI=1S/C11H15N3O5/c1-19-8(5-10(16)17)6-13-9(15)7-14-4-2-3-12-11(14)18/h2-4,8H,5-7H2,1H3,(H,13,15)(H,16,17). The Labute approximate surface area is 109 Å². The molecule has 2 N–H and O–H groups in total. The van der Waals surface area contributed by atoms with E-state index in [1.807, 2.05) is 0 Å². The van der Waals surface area contributed by atoms with Gasteiger partial charge in [0.15, 0.2) is 0 Å². The predicted octanol–water partition coefficient (Wildman–Crippen LogP) is -1.15. The Bertz CT molecular complexity index is 499. The zero-order valence-corrected chi connectivity index (χ0v) is 10.4. The molecule has 0 aromatic carbocycles. The van der Waals surface area contributed by atoms with E-state index in [1.54, 1.807) is 0 Å². The van der Waals surface area contributed by atoms with Crippen LogP contribution in [0.15, 0.2) is 23.3 Å². The van der Waals surface area contributed by atoms with Crippen LogP contribution in [0.4, 0.5) is 0 Å². The summed E-state index contributed by atoms with van der Waals surface area (Å²) in [5, 5.41) is 11.1. The monoisotopic (exact) mass is 269 g/mol. The Morgan fingerprint density at radius 3 is 2.89 bits per heavy atom. The Morgan fingerprint density at radius 1 is 1.58 bits per heavy atom. The molecule has 1 unspecified atom stereocenters. The number of carbonyl (C=O) groups excluding carboxylic acids is 1. The van der Waals surface area contributed by atoms with Gasteiger partial charge in [0, 0.05) is 26.0 Å². The van der Waals surface area contributed by atoms with E-state index >= 15 is 0 Å². The molecule has 0 radical (unpaired) electrons. The first-order valence-electron chi connectivity index (χ1n) is 5.55. The van der Waals surface area contributed by atoms with E-state index < -0.39 is 23.7 Å². The number of nitrogens with zero attached hydrogens (tertiary/aromatic N) is 2. The first kappa shape index (κ1) is 14.8. The summed E-state index contributed by atoms with van der Waals surface area (Å²) in [5.74, 6) is -1.42. The second kappa shape index (κ2) is 7.27. The van der Waals surface area contributed by atoms with Crippen molar-refractivity contribution in [1.82, 2.24) is 14.9 Å². The van der Waals surface area contributed by atoms with Gasteiger partial charge >= 0.3 is 11.7 Å². The van der Waals surface area contributed by atoms with Gasteiger partial charge in [0.2, 0.25) is 5.91 Å². The van der Waals surface area contributed by atoms with Crippen LogP contribution in [0.1, 0.15) is 6.42 Å². The molecule has 0 bridgehead atoms. The molecule has 1 heterocycles. The number of carboxylic acid groups (broad SMARTS) is 1. The number of hydrogen-bond acceptors (Lipinski definition) is 5. The molecule has 0 saturated heterocycles. The topological polar surface area (TPSA) is 111 Å². The molecule has 1 amide bonds. The summed E-state index contributed by atoms with van der Waals surface area (Å²) in [4.78, 5) is 36.8. The number of amides is 1. The van der Waals surface area contributed by atoms with Gasteiger partial charge in [-0.15, -0.1) is 0 Å². The number of nitrogens with one attached hydrogen (secondary N) is 1. The highest BCUT2D eigenvalue weighted by atomic mass is 16.5. The zero-order chi connectivity index (χ0) is 14.3. The van der Waals surface area contributed by atoms with Crippen molar-refractivity contribution in [1.29, 1.82) is 0 Å². The van der Waals surface area contributed by atoms with E-state index in [-0.39, 0.29) is 19.5 Å². The molecule has 0 spiro atoms. The number of aliphatic carboxylic acids is 1. The molecule has 8 heteroatoms. The van der Waals surface area contributed by atoms with Crippen LogP contribution in [-0.2, 0) is 20.9 Å². The molecule has 1 aromatic rings. The van der Waals surface area contributed by atoms with Gasteiger partial charge in [0.1, 0.15) is 6.54 Å². The van der Waals surface area contributed by atoms with Crippen molar-refractivity contribution in [2.45, 2.75) is 19.1 Å². The second-order valence-corrected chi connectivity index (χ2v) is 3.79. The molecule has 0 fully saturated rings. The normalized spacial score (nSPS) is 11.8. The maximum Gasteiger partial charge on any atom is 0.347 e. The van der Waals surface area contributed by atoms with Crippen molar-refractivity contribution in [3.8, 4) is 0 Å². The zero-order valence-electron chi connectivity index (χ0n) is 10.4. The molecule has 19 heavy (non-hydrogen) atoms. The van der Waals surface area contributed by atoms with Crippen LogP contribution in [0.5, 0.6) is 0 Å². The lowest BCUT2D eigenvalue weighted by atomic mass is 10.2. The van der Waals surface area contributed by atoms with Crippen LogP contribution in [-0.4, -0.2) is 46.3 Å². The van der Waals surface area contributed by atoms with Crippen LogP contribution < -0.4 is 11.0 Å². The minimum Gasteiger partial charge on any atom is -0.481 e. The van der Waals surface area contributed by atoms with Gasteiger partial charge in [-0.25, -0.2) is 9.78 Å². The summed E-state index contributed by atoms with van der Waals surface area (Å²) < 4.78 is 6.06. The van der Waals surface area contributed by atoms with Crippen molar-refractivity contribution < 1.29 is 19.4 Å². The van der Waals surface area contributed by atoms with Crippen LogP contribution in [0.2, 0.25) is 0 Å². The molecular formula is C11H15N3O5. The SMILES string of the molecule is COC(CNC(=O)Cn1cccnc1=O)CC(=O)O. The molecule has 8 nitrogen and oxygen atoms in total. The second-order valence-electron chi connectivity index (χ2n) is 3.79. The van der Waals surface area contributed by atoms with E-state index in [1.165, 1.54) is 25.6 Å². The summed E-state index contributed by atoms with van der Waals surface area (Å²) in [7, 11) is 1.37. The largest absolute Gasteiger partial charge is 0.481 e. The van der Waals surface area contributed by atoms with Crippen molar-refractivity contribution in [2.75, 3.05) is 13.7 Å². The van der Waals surface area contributed by atoms with Crippen molar-refractivity contribution >= 4 is 11.9 Å². The molecule has 0 saturated carbocycles. The predicted molar refractivity (Wildman–Crippen MR) is 64.6 cm³/mol. The average Bonchev–Trinajstić information content (AvgIpc) is 2.37. The van der Waals surface area contributed by atoms with E-state index in [9.17, 15) is 14.4 Å². The quantitative estimate of drug-likeness (QED) is 0.646. The van der Waals surface area contributed by atoms with Crippen molar-refractivity contribution in [3.63, 3.8) is 0 Å². The van der Waals surface area contributed by atoms with E-state index in [4.69, 9.17) is 9.84 Å². The lowest BCUT2D eigenvalue weighted by molar-refractivity contribution is -0.140. The van der Waals surface area contributed by atoms with Crippen molar-refractivity contribution in [3.05, 3.63) is 28.9 Å². The highest BCUT2D eigenvalue weighted by Crippen LogP contribution is 1.95. The third kappa shape index (κ3) is 5.30. The third-order valence-corrected chi connectivity index (χ3v) is 2.36. The number of ether oxygens (including phenoxy) is 1. The molecule has 0 aliphatic rings. The maximum atomic E-state index is 11.6. The number of carboxylic acids is 1. The van der Waals surface area contributed by atoms with E-state index in [0.717, 1.165) is 4.57 Å². The molecule has 1 atom stereocenters. The number of rotatable bonds is 7. The molecule has 104 valence electrons. The van der Waals surface area contributed by atoms with Gasteiger partial charge in [0.25, 0.3) is 0 Å². The first-order valence-corrected chi connectivity index (χ1v) is 5.55. The van der Waals surface area contributed by atoms with E-state index in [0.29, 0.717) is 0 Å². The highest BCUT2D eigenvalue weighted by molar-refractivity contribution is 5.75. The fourth-order valence-electron chi connectivity index (χ4n) is 1.38. The van der Waals surface area contributed by atoms with E-state index in [2.05, 4.69) is 10.3 Å². The molecule has 1 aromatic heterocycles. The summed E-state index contributed by atoms with van der Waals surface area (Å²) in [6.45, 7) is -0.104. The fraction of sp³-hybridized carbons (Fsp3) is 0.455. The number of aromatic nitrogens is 2. The Hall–Kier alpha value is -2.22. The van der Waals surface area contributed by atoms with Crippen LogP contribution >= 0.6 is 0 Å². The maximum absolute atomic E-state index is 11.6. The summed E-state index contributed by atoms with van der Waals surface area (Å²) in [5.41, 5.74) is -0.522. The Balaban J connectivity index is 2.45. The summed E-state index contributed by atoms with van der Waals surface area (Å²) >= 11 is 0. The molecule has 0 aliphatic carbocycles. The third-order valence-electron chi connectivity index (χ3n) is 2.36. The minimum atomic E-state index is -1.01. The van der Waals surface area contributed by atoms with Crippen LogP contribution in [0.3, 0.4) is 0 Å². The summed E-state index contributed by atoms with van der Waals surface area (Å²) in [6, 6.07) is 1.54. The average molecular weight is 269 g/mol. The highest BCUT2D eigenvalue weighted by Gasteiger charge is 2.13. The van der Waals surface area contributed by atoms with Gasteiger partial charge in [-0.2, -0.15) is 0 Å². The van der Waals surface area contributed by atoms with Crippen LogP contribution in [0.25, 0.3) is 0 Å². The van der Waals surface area contributed by atoms with Gasteiger partial charge in [0.05, 0.1) is 12.5 Å². The Kier molecular flexibility index (Phi) is 5.68. The lowest BCUT2D eigenvalue weighted by Crippen LogP contribution is -2.38. The minimum absolute atomic E-state index is 0.0661. The molecular weight excluding hydrogens is 254 g/mol. The smallest absolute Gasteiger partial charge is 0.347 e. The van der Waals surface area contributed by atoms with Gasteiger partial charge in [-0.05, 0) is 6.07 Å².